The highest BCUT2D eigenvalue weighted by Gasteiger charge is 2.28. The molecule has 2 aromatic rings. The number of hydrogen-bond acceptors (Lipinski definition) is 6. The average Bonchev–Trinajstić information content (AvgIpc) is 3.10. The maximum Gasteiger partial charge on any atom is 0.202 e. The first-order valence-electron chi connectivity index (χ1n) is 9.13. The summed E-state index contributed by atoms with van der Waals surface area (Å²) >= 11 is 1.45. The number of hydrogen-bond donors (Lipinski definition) is 1. The number of benzene rings is 1. The summed E-state index contributed by atoms with van der Waals surface area (Å²) < 4.78 is 10.5. The van der Waals surface area contributed by atoms with Crippen LogP contribution in [0.2, 0.25) is 0 Å². The third-order valence-corrected chi connectivity index (χ3v) is 5.24. The standard InChI is InChI=1S/C19H28N4OS/c1-4-16(20-19-21-18(14(2)3)22-25-19)17-13-23(10-11-24-17)12-15-8-6-5-7-9-15/h5-9,14,16-17H,4,10-13H2,1-3H3,(H,20,21,22). The van der Waals surface area contributed by atoms with Crippen LogP contribution in [-0.2, 0) is 11.3 Å². The summed E-state index contributed by atoms with van der Waals surface area (Å²) in [4.78, 5) is 7.09. The van der Waals surface area contributed by atoms with Crippen LogP contribution in [-0.4, -0.2) is 46.1 Å². The van der Waals surface area contributed by atoms with Gasteiger partial charge in [-0.15, -0.1) is 0 Å². The van der Waals surface area contributed by atoms with Gasteiger partial charge in [-0.05, 0) is 12.0 Å². The van der Waals surface area contributed by atoms with Crippen molar-refractivity contribution >= 4 is 16.7 Å². The monoisotopic (exact) mass is 360 g/mol. The van der Waals surface area contributed by atoms with Crippen LogP contribution in [0.4, 0.5) is 5.13 Å². The second-order valence-electron chi connectivity index (χ2n) is 6.90. The molecule has 1 aliphatic rings. The van der Waals surface area contributed by atoms with Crippen molar-refractivity contribution in [3.8, 4) is 0 Å². The van der Waals surface area contributed by atoms with Gasteiger partial charge in [0.1, 0.15) is 5.82 Å². The first-order valence-corrected chi connectivity index (χ1v) is 9.91. The van der Waals surface area contributed by atoms with Gasteiger partial charge in [-0.3, -0.25) is 4.90 Å². The molecular weight excluding hydrogens is 332 g/mol. The van der Waals surface area contributed by atoms with Crippen molar-refractivity contribution in [2.45, 2.75) is 51.8 Å². The number of nitrogens with one attached hydrogen (secondary N) is 1. The number of nitrogens with zero attached hydrogens (tertiary/aromatic N) is 3. The predicted octanol–water partition coefficient (Wildman–Crippen LogP) is 3.75. The molecule has 1 aliphatic heterocycles. The highest BCUT2D eigenvalue weighted by Crippen LogP contribution is 2.22. The van der Waals surface area contributed by atoms with E-state index in [1.807, 2.05) is 0 Å². The van der Waals surface area contributed by atoms with Crippen LogP contribution in [0.25, 0.3) is 0 Å². The zero-order valence-corrected chi connectivity index (χ0v) is 16.1. The summed E-state index contributed by atoms with van der Waals surface area (Å²) in [5.74, 6) is 1.27. The molecule has 0 saturated carbocycles. The van der Waals surface area contributed by atoms with Crippen LogP contribution in [0.3, 0.4) is 0 Å². The van der Waals surface area contributed by atoms with Gasteiger partial charge in [0, 0.05) is 37.1 Å². The van der Waals surface area contributed by atoms with Crippen molar-refractivity contribution in [2.75, 3.05) is 25.0 Å². The minimum absolute atomic E-state index is 0.175. The smallest absolute Gasteiger partial charge is 0.202 e. The number of ether oxygens (including phenoxy) is 1. The van der Waals surface area contributed by atoms with E-state index in [0.717, 1.165) is 43.6 Å². The first kappa shape index (κ1) is 18.3. The lowest BCUT2D eigenvalue weighted by Crippen LogP contribution is -2.49. The third-order valence-electron chi connectivity index (χ3n) is 4.58. The molecule has 6 heteroatoms. The Morgan fingerprint density at radius 3 is 2.80 bits per heavy atom. The molecule has 3 rings (SSSR count). The number of morpholine rings is 1. The molecule has 136 valence electrons. The Morgan fingerprint density at radius 2 is 2.12 bits per heavy atom. The van der Waals surface area contributed by atoms with Crippen LogP contribution in [0.15, 0.2) is 30.3 Å². The summed E-state index contributed by atoms with van der Waals surface area (Å²) in [7, 11) is 0. The first-order chi connectivity index (χ1) is 12.2. The molecule has 1 N–H and O–H groups in total. The minimum Gasteiger partial charge on any atom is -0.373 e. The summed E-state index contributed by atoms with van der Waals surface area (Å²) in [6.07, 6.45) is 1.18. The van der Waals surface area contributed by atoms with Gasteiger partial charge >= 0.3 is 0 Å². The summed E-state index contributed by atoms with van der Waals surface area (Å²) in [6.45, 7) is 10.1. The van der Waals surface area contributed by atoms with Gasteiger partial charge in [-0.1, -0.05) is 51.1 Å². The zero-order chi connectivity index (χ0) is 17.6. The van der Waals surface area contributed by atoms with E-state index in [4.69, 9.17) is 4.74 Å². The van der Waals surface area contributed by atoms with E-state index in [1.54, 1.807) is 0 Å². The van der Waals surface area contributed by atoms with E-state index in [1.165, 1.54) is 17.1 Å². The molecule has 0 radical (unpaired) electrons. The molecule has 2 atom stereocenters. The molecule has 0 aliphatic carbocycles. The topological polar surface area (TPSA) is 50.3 Å². The van der Waals surface area contributed by atoms with Gasteiger partial charge in [0.05, 0.1) is 18.8 Å². The molecule has 2 unspecified atom stereocenters. The van der Waals surface area contributed by atoms with Crippen molar-refractivity contribution in [1.82, 2.24) is 14.3 Å². The Labute approximate surface area is 154 Å². The second-order valence-corrected chi connectivity index (χ2v) is 7.65. The van der Waals surface area contributed by atoms with Crippen LogP contribution >= 0.6 is 11.5 Å². The van der Waals surface area contributed by atoms with Gasteiger partial charge < -0.3 is 10.1 Å². The van der Waals surface area contributed by atoms with Crippen molar-refractivity contribution in [1.29, 1.82) is 0 Å². The molecule has 2 heterocycles. The Balaban J connectivity index is 1.59. The third kappa shape index (κ3) is 5.00. The zero-order valence-electron chi connectivity index (χ0n) is 15.3. The quantitative estimate of drug-likeness (QED) is 0.815. The molecule has 1 saturated heterocycles. The summed E-state index contributed by atoms with van der Waals surface area (Å²) in [6, 6.07) is 10.9. The molecule has 1 aromatic carbocycles. The molecule has 1 fully saturated rings. The van der Waals surface area contributed by atoms with Crippen molar-refractivity contribution < 1.29 is 4.74 Å². The Hall–Kier alpha value is -1.50. The highest BCUT2D eigenvalue weighted by atomic mass is 32.1. The molecule has 5 nitrogen and oxygen atoms in total. The minimum atomic E-state index is 0.175. The molecule has 25 heavy (non-hydrogen) atoms. The lowest BCUT2D eigenvalue weighted by Gasteiger charge is -2.37. The molecule has 0 amide bonds. The molecule has 1 aromatic heterocycles. The van der Waals surface area contributed by atoms with Crippen LogP contribution in [0, 0.1) is 0 Å². The fourth-order valence-electron chi connectivity index (χ4n) is 3.10. The van der Waals surface area contributed by atoms with Gasteiger partial charge in [0.15, 0.2) is 0 Å². The van der Waals surface area contributed by atoms with E-state index >= 15 is 0 Å². The van der Waals surface area contributed by atoms with Gasteiger partial charge in [0.25, 0.3) is 0 Å². The number of aromatic nitrogens is 2. The molecular formula is C19H28N4OS. The Kier molecular flexibility index (Phi) is 6.39. The Bertz CT molecular complexity index is 646. The van der Waals surface area contributed by atoms with E-state index in [0.29, 0.717) is 5.92 Å². The molecule has 0 spiro atoms. The maximum absolute atomic E-state index is 6.08. The fraction of sp³-hybridized carbons (Fsp3) is 0.579. The fourth-order valence-corrected chi connectivity index (χ4v) is 3.87. The lowest BCUT2D eigenvalue weighted by molar-refractivity contribution is -0.0402. The van der Waals surface area contributed by atoms with Crippen molar-refractivity contribution in [3.63, 3.8) is 0 Å². The average molecular weight is 361 g/mol. The lowest BCUT2D eigenvalue weighted by atomic mass is 10.1. The van der Waals surface area contributed by atoms with E-state index < -0.39 is 0 Å². The normalized spacial score (nSPS) is 19.9. The largest absolute Gasteiger partial charge is 0.373 e. The van der Waals surface area contributed by atoms with E-state index in [2.05, 4.69) is 70.7 Å². The second kappa shape index (κ2) is 8.74. The summed E-state index contributed by atoms with van der Waals surface area (Å²) in [5.41, 5.74) is 1.36. The highest BCUT2D eigenvalue weighted by molar-refractivity contribution is 7.09. The van der Waals surface area contributed by atoms with Gasteiger partial charge in [-0.25, -0.2) is 4.98 Å². The van der Waals surface area contributed by atoms with E-state index in [-0.39, 0.29) is 12.1 Å². The van der Waals surface area contributed by atoms with E-state index in [9.17, 15) is 0 Å². The van der Waals surface area contributed by atoms with Crippen molar-refractivity contribution in [3.05, 3.63) is 41.7 Å². The van der Waals surface area contributed by atoms with Gasteiger partial charge in [-0.2, -0.15) is 4.37 Å². The van der Waals surface area contributed by atoms with Crippen LogP contribution < -0.4 is 5.32 Å². The maximum atomic E-state index is 6.08. The van der Waals surface area contributed by atoms with Crippen LogP contribution in [0.5, 0.6) is 0 Å². The molecule has 0 bridgehead atoms. The Morgan fingerprint density at radius 1 is 1.32 bits per heavy atom. The number of rotatable bonds is 7. The van der Waals surface area contributed by atoms with Crippen LogP contribution in [0.1, 0.15) is 44.5 Å². The van der Waals surface area contributed by atoms with Gasteiger partial charge in [0.2, 0.25) is 5.13 Å². The SMILES string of the molecule is CCC(Nc1nc(C(C)C)ns1)C1CN(Cc2ccccc2)CCO1. The summed E-state index contributed by atoms with van der Waals surface area (Å²) in [5, 5.41) is 4.45. The van der Waals surface area contributed by atoms with Crippen molar-refractivity contribution in [2.24, 2.45) is 0 Å². The predicted molar refractivity (Wildman–Crippen MR) is 103 cm³/mol. The number of anilines is 1.